The van der Waals surface area contributed by atoms with Gasteiger partial charge in [0.05, 0.1) is 5.69 Å². The fourth-order valence-corrected chi connectivity index (χ4v) is 7.69. The summed E-state index contributed by atoms with van der Waals surface area (Å²) < 4.78 is 30.1. The second kappa shape index (κ2) is 13.7. The molecule has 5 rings (SSSR count). The van der Waals surface area contributed by atoms with Crippen LogP contribution >= 0.6 is 0 Å². The van der Waals surface area contributed by atoms with Crippen LogP contribution in [0.15, 0.2) is 54.6 Å². The van der Waals surface area contributed by atoms with Gasteiger partial charge in [-0.05, 0) is 112 Å². The molecule has 1 saturated carbocycles. The summed E-state index contributed by atoms with van der Waals surface area (Å²) in [6.07, 6.45) is 4.44. The van der Waals surface area contributed by atoms with Gasteiger partial charge in [0.1, 0.15) is 17.7 Å². The van der Waals surface area contributed by atoms with E-state index in [0.29, 0.717) is 18.3 Å². The van der Waals surface area contributed by atoms with E-state index in [4.69, 9.17) is 5.10 Å². The number of carboxylic acids is 1. The number of carboxylic acid groups (broad SMARTS) is 1. The summed E-state index contributed by atoms with van der Waals surface area (Å²) in [7, 11) is 1.94. The summed E-state index contributed by atoms with van der Waals surface area (Å²) in [5.41, 5.74) is 4.19. The molecule has 4 atom stereocenters. The number of halogens is 2. The third kappa shape index (κ3) is 7.35. The molecule has 0 bridgehead atoms. The van der Waals surface area contributed by atoms with Crippen LogP contribution in [0.25, 0.3) is 0 Å². The third-order valence-electron chi connectivity index (χ3n) is 9.78. The molecule has 2 aromatic carbocycles. The van der Waals surface area contributed by atoms with Gasteiger partial charge in [-0.3, -0.25) is 14.4 Å². The molecule has 8 heteroatoms. The molecule has 2 aliphatic rings. The highest BCUT2D eigenvalue weighted by atomic mass is 19.1. The van der Waals surface area contributed by atoms with Crippen molar-refractivity contribution in [1.82, 2.24) is 19.6 Å². The number of aryl methyl sites for hydroxylation is 1. The van der Waals surface area contributed by atoms with Crippen molar-refractivity contribution >= 4 is 5.97 Å². The molecule has 1 saturated heterocycles. The highest BCUT2D eigenvalue weighted by Crippen LogP contribution is 2.43. The van der Waals surface area contributed by atoms with Crippen LogP contribution < -0.4 is 0 Å². The first-order valence-electron chi connectivity index (χ1n) is 15.9. The van der Waals surface area contributed by atoms with E-state index >= 15 is 0 Å². The van der Waals surface area contributed by atoms with E-state index < -0.39 is 12.0 Å². The van der Waals surface area contributed by atoms with E-state index in [9.17, 15) is 18.7 Å². The van der Waals surface area contributed by atoms with Gasteiger partial charge in [0.15, 0.2) is 0 Å². The summed E-state index contributed by atoms with van der Waals surface area (Å²) in [5.74, 6) is -0.283. The van der Waals surface area contributed by atoms with Crippen LogP contribution in [0, 0.1) is 23.5 Å². The number of likely N-dealkylation sites (tertiary alicyclic amines) is 1. The number of piperidine rings is 1. The van der Waals surface area contributed by atoms with Crippen molar-refractivity contribution in [3.05, 3.63) is 88.7 Å². The van der Waals surface area contributed by atoms with Crippen LogP contribution in [0.1, 0.15) is 80.8 Å². The molecule has 6 nitrogen and oxygen atoms in total. The van der Waals surface area contributed by atoms with Crippen LogP contribution in [0.3, 0.4) is 0 Å². The summed E-state index contributed by atoms with van der Waals surface area (Å²) >= 11 is 0. The van der Waals surface area contributed by atoms with Gasteiger partial charge in [-0.25, -0.2) is 8.78 Å². The summed E-state index contributed by atoms with van der Waals surface area (Å²) in [6.45, 7) is 9.74. The molecule has 1 aliphatic carbocycles. The molecule has 0 amide bonds. The minimum absolute atomic E-state index is 0.000805. The molecule has 2 heterocycles. The number of carbonyl (C=O) groups is 1. The Morgan fingerprint density at radius 2 is 1.74 bits per heavy atom. The Bertz CT molecular complexity index is 1380. The lowest BCUT2D eigenvalue weighted by Crippen LogP contribution is -2.47. The summed E-state index contributed by atoms with van der Waals surface area (Å²) in [5, 5.41) is 14.8. The van der Waals surface area contributed by atoms with Gasteiger partial charge in [-0.1, -0.05) is 38.1 Å². The topological polar surface area (TPSA) is 61.6 Å². The van der Waals surface area contributed by atoms with Crippen molar-refractivity contribution in [2.75, 3.05) is 26.7 Å². The zero-order valence-electron chi connectivity index (χ0n) is 25.9. The van der Waals surface area contributed by atoms with Gasteiger partial charge in [-0.15, -0.1) is 0 Å². The smallest absolute Gasteiger partial charge is 0.321 e. The van der Waals surface area contributed by atoms with Crippen LogP contribution in [-0.2, 0) is 17.8 Å². The van der Waals surface area contributed by atoms with Gasteiger partial charge in [0.2, 0.25) is 0 Å². The molecular weight excluding hydrogens is 546 g/mol. The lowest BCUT2D eigenvalue weighted by molar-refractivity contribution is -0.145. The number of hydrogen-bond donors (Lipinski definition) is 1. The van der Waals surface area contributed by atoms with Crippen molar-refractivity contribution in [2.24, 2.45) is 11.8 Å². The van der Waals surface area contributed by atoms with Gasteiger partial charge in [0, 0.05) is 37.2 Å². The van der Waals surface area contributed by atoms with E-state index in [2.05, 4.69) is 27.5 Å². The van der Waals surface area contributed by atoms with Gasteiger partial charge in [-0.2, -0.15) is 5.10 Å². The molecule has 1 aromatic heterocycles. The monoisotopic (exact) mass is 592 g/mol. The highest BCUT2D eigenvalue weighted by Gasteiger charge is 2.42. The number of aliphatic carboxylic acids is 1. The Hall–Kier alpha value is -3.10. The lowest BCUT2D eigenvalue weighted by Gasteiger charge is -2.35. The number of nitrogens with zero attached hydrogens (tertiary/aromatic N) is 4. The largest absolute Gasteiger partial charge is 0.480 e. The number of rotatable bonds is 11. The maximum atomic E-state index is 14.3. The molecule has 0 radical (unpaired) electrons. The Kier molecular flexibility index (Phi) is 9.97. The van der Waals surface area contributed by atoms with E-state index in [1.165, 1.54) is 17.8 Å². The van der Waals surface area contributed by atoms with Crippen molar-refractivity contribution in [1.29, 1.82) is 0 Å². The highest BCUT2D eigenvalue weighted by molar-refractivity contribution is 5.73. The fourth-order valence-electron chi connectivity index (χ4n) is 7.69. The Morgan fingerprint density at radius 3 is 2.37 bits per heavy atom. The van der Waals surface area contributed by atoms with E-state index in [1.807, 2.05) is 33.0 Å². The first-order chi connectivity index (χ1) is 20.6. The van der Waals surface area contributed by atoms with E-state index in [-0.39, 0.29) is 29.5 Å². The number of likely N-dealkylation sites (N-methyl/N-ethyl adjacent to an activating group) is 1. The van der Waals surface area contributed by atoms with Crippen LogP contribution in [-0.4, -0.2) is 69.4 Å². The Labute approximate surface area is 254 Å². The first kappa shape index (κ1) is 31.3. The second-order valence-electron chi connectivity index (χ2n) is 13.0. The minimum atomic E-state index is -0.782. The molecule has 232 valence electrons. The van der Waals surface area contributed by atoms with E-state index in [0.717, 1.165) is 68.7 Å². The Morgan fingerprint density at radius 1 is 1.05 bits per heavy atom. The van der Waals surface area contributed by atoms with Crippen LogP contribution in [0.5, 0.6) is 0 Å². The normalized spacial score (nSPS) is 22.5. The maximum Gasteiger partial charge on any atom is 0.321 e. The lowest BCUT2D eigenvalue weighted by atomic mass is 9.87. The third-order valence-corrected chi connectivity index (χ3v) is 9.78. The van der Waals surface area contributed by atoms with Crippen molar-refractivity contribution in [3.8, 4) is 0 Å². The van der Waals surface area contributed by atoms with E-state index in [1.54, 1.807) is 24.3 Å². The number of aromatic nitrogens is 2. The molecule has 43 heavy (non-hydrogen) atoms. The Balaban J connectivity index is 1.26. The average molecular weight is 593 g/mol. The van der Waals surface area contributed by atoms with Crippen molar-refractivity contribution in [2.45, 2.75) is 83.3 Å². The maximum absolute atomic E-state index is 14.3. The summed E-state index contributed by atoms with van der Waals surface area (Å²) in [4.78, 5) is 16.7. The molecule has 3 aromatic rings. The number of hydrogen-bond acceptors (Lipinski definition) is 4. The first-order valence-corrected chi connectivity index (χ1v) is 15.9. The van der Waals surface area contributed by atoms with Crippen molar-refractivity contribution < 1.29 is 18.7 Å². The molecular formula is C35H46F2N4O2. The standard InChI is InChI=1S/C35H46F2N4O2/c1-5-41-33(20-30(38-41)17-24-8-6-10-28(36)16-24)25-12-14-40(15-13-25)22-27-19-31(39(4)34(23(2)3)35(42)43)21-32(27)26-9-7-11-29(37)18-26/h6-11,16,18,20,23,25,27,31-32,34H,5,12-15,17,19,21-22H2,1-4H3,(H,42,43)/t27-,31+,32-,34-/m1/s1. The number of benzene rings is 2. The van der Waals surface area contributed by atoms with Crippen LogP contribution in [0.4, 0.5) is 8.78 Å². The van der Waals surface area contributed by atoms with Gasteiger partial charge in [0.25, 0.3) is 0 Å². The SMILES string of the molecule is CCn1nc(Cc2cccc(F)c2)cc1C1CCN(C[C@H]2C[C@H](N(C)[C@@H](C(=O)O)C(C)C)C[C@@H]2c2cccc(F)c2)CC1. The van der Waals surface area contributed by atoms with Gasteiger partial charge < -0.3 is 10.0 Å². The summed E-state index contributed by atoms with van der Waals surface area (Å²) in [6, 6.07) is 15.5. The molecule has 1 aliphatic heterocycles. The van der Waals surface area contributed by atoms with Gasteiger partial charge >= 0.3 is 5.97 Å². The molecule has 2 fully saturated rings. The van der Waals surface area contributed by atoms with Crippen molar-refractivity contribution in [3.63, 3.8) is 0 Å². The molecule has 1 N–H and O–H groups in total. The quantitative estimate of drug-likeness (QED) is 0.274. The minimum Gasteiger partial charge on any atom is -0.480 e. The fraction of sp³-hybridized carbons (Fsp3) is 0.543. The predicted molar refractivity (Wildman–Crippen MR) is 165 cm³/mol. The zero-order chi connectivity index (χ0) is 30.7. The average Bonchev–Trinajstić information content (AvgIpc) is 3.57. The molecule has 0 spiro atoms. The zero-order valence-corrected chi connectivity index (χ0v) is 25.9. The molecule has 0 unspecified atom stereocenters. The predicted octanol–water partition coefficient (Wildman–Crippen LogP) is 6.55. The second-order valence-corrected chi connectivity index (χ2v) is 13.0. The van der Waals surface area contributed by atoms with Crippen LogP contribution in [0.2, 0.25) is 0 Å².